The number of amides is 1. The number of fused-ring (bicyclic) bond motifs is 2. The van der Waals surface area contributed by atoms with Crippen LogP contribution in [-0.2, 0) is 9.53 Å². The molecule has 0 aromatic heterocycles. The number of hydrogen-bond donors (Lipinski definition) is 0. The third-order valence-corrected chi connectivity index (χ3v) is 5.37. The van der Waals surface area contributed by atoms with E-state index in [4.69, 9.17) is 4.74 Å². The number of rotatable bonds is 4. The largest absolute Gasteiger partial charge is 0.465 e. The van der Waals surface area contributed by atoms with Gasteiger partial charge in [-0.3, -0.25) is 4.79 Å². The van der Waals surface area contributed by atoms with E-state index in [0.29, 0.717) is 23.6 Å². The summed E-state index contributed by atoms with van der Waals surface area (Å²) in [6.07, 6.45) is 5.72. The van der Waals surface area contributed by atoms with Crippen LogP contribution >= 0.6 is 0 Å². The van der Waals surface area contributed by atoms with Crippen LogP contribution in [0, 0.1) is 17.8 Å². The van der Waals surface area contributed by atoms with E-state index in [2.05, 4.69) is 0 Å². The Labute approximate surface area is 131 Å². The molecule has 0 radical (unpaired) electrons. The quantitative estimate of drug-likeness (QED) is 0.802. The fourth-order valence-corrected chi connectivity index (χ4v) is 4.17. The number of benzene rings is 1. The Kier molecular flexibility index (Phi) is 4.19. The van der Waals surface area contributed by atoms with Gasteiger partial charge in [-0.05, 0) is 49.1 Å². The van der Waals surface area contributed by atoms with E-state index in [1.165, 1.54) is 32.8 Å². The number of para-hydroxylation sites is 1. The van der Waals surface area contributed by atoms with Crippen molar-refractivity contribution in [1.29, 1.82) is 0 Å². The zero-order valence-electron chi connectivity index (χ0n) is 13.2. The van der Waals surface area contributed by atoms with Gasteiger partial charge in [0.2, 0.25) is 5.91 Å². The van der Waals surface area contributed by atoms with Crippen molar-refractivity contribution >= 4 is 17.6 Å². The smallest absolute Gasteiger partial charge is 0.339 e. The van der Waals surface area contributed by atoms with Crippen LogP contribution in [0.4, 0.5) is 5.69 Å². The third kappa shape index (κ3) is 2.74. The first-order valence-electron chi connectivity index (χ1n) is 8.04. The van der Waals surface area contributed by atoms with Crippen LogP contribution in [0.25, 0.3) is 0 Å². The minimum Gasteiger partial charge on any atom is -0.465 e. The second kappa shape index (κ2) is 6.11. The lowest BCUT2D eigenvalue weighted by Gasteiger charge is -2.25. The molecule has 0 heterocycles. The molecule has 4 heteroatoms. The SMILES string of the molecule is COC(=O)c1ccccc1N(C)C(=O)CC1CC2CCC1C2. The minimum atomic E-state index is -0.407. The molecule has 2 saturated carbocycles. The summed E-state index contributed by atoms with van der Waals surface area (Å²) in [5.74, 6) is 1.79. The Morgan fingerprint density at radius 3 is 2.64 bits per heavy atom. The zero-order chi connectivity index (χ0) is 15.7. The normalized spacial score (nSPS) is 26.0. The maximum atomic E-state index is 12.6. The molecule has 2 fully saturated rings. The summed E-state index contributed by atoms with van der Waals surface area (Å²) in [7, 11) is 3.10. The van der Waals surface area contributed by atoms with Crippen LogP contribution in [0.1, 0.15) is 42.5 Å². The predicted octanol–water partition coefficient (Wildman–Crippen LogP) is 3.26. The van der Waals surface area contributed by atoms with Crippen LogP contribution in [0.5, 0.6) is 0 Å². The molecule has 3 unspecified atom stereocenters. The molecule has 0 spiro atoms. The van der Waals surface area contributed by atoms with Gasteiger partial charge in [-0.15, -0.1) is 0 Å². The van der Waals surface area contributed by atoms with Crippen molar-refractivity contribution < 1.29 is 14.3 Å². The molecule has 0 aliphatic heterocycles. The van der Waals surface area contributed by atoms with Gasteiger partial charge in [-0.2, -0.15) is 0 Å². The topological polar surface area (TPSA) is 46.6 Å². The van der Waals surface area contributed by atoms with E-state index in [1.54, 1.807) is 30.1 Å². The maximum absolute atomic E-state index is 12.6. The Bertz CT molecular complexity index is 583. The lowest BCUT2D eigenvalue weighted by molar-refractivity contribution is -0.119. The molecule has 1 aromatic rings. The molecular formula is C18H23NO3. The number of methoxy groups -OCH3 is 1. The number of carbonyl (C=O) groups is 2. The summed E-state index contributed by atoms with van der Waals surface area (Å²) in [5, 5.41) is 0. The number of esters is 1. The number of hydrogen-bond acceptors (Lipinski definition) is 3. The predicted molar refractivity (Wildman–Crippen MR) is 84.7 cm³/mol. The molecule has 3 atom stereocenters. The van der Waals surface area contributed by atoms with Gasteiger partial charge in [0.1, 0.15) is 0 Å². The Hall–Kier alpha value is -1.84. The Morgan fingerprint density at radius 2 is 2.00 bits per heavy atom. The fraction of sp³-hybridized carbons (Fsp3) is 0.556. The molecular weight excluding hydrogens is 278 g/mol. The first kappa shape index (κ1) is 15.1. The Morgan fingerprint density at radius 1 is 1.23 bits per heavy atom. The summed E-state index contributed by atoms with van der Waals surface area (Å²) < 4.78 is 4.80. The third-order valence-electron chi connectivity index (χ3n) is 5.37. The van der Waals surface area contributed by atoms with Gasteiger partial charge in [-0.25, -0.2) is 4.79 Å². The van der Waals surface area contributed by atoms with E-state index in [9.17, 15) is 9.59 Å². The molecule has 22 heavy (non-hydrogen) atoms. The zero-order valence-corrected chi connectivity index (χ0v) is 13.2. The van der Waals surface area contributed by atoms with Gasteiger partial charge in [0.25, 0.3) is 0 Å². The summed E-state index contributed by atoms with van der Waals surface area (Å²) in [6, 6.07) is 7.11. The van der Waals surface area contributed by atoms with Crippen molar-refractivity contribution in [3.63, 3.8) is 0 Å². The van der Waals surface area contributed by atoms with Crippen LogP contribution in [0.15, 0.2) is 24.3 Å². The number of nitrogens with zero attached hydrogens (tertiary/aromatic N) is 1. The number of anilines is 1. The van der Waals surface area contributed by atoms with E-state index in [0.717, 1.165) is 11.8 Å². The van der Waals surface area contributed by atoms with Gasteiger partial charge < -0.3 is 9.64 Å². The van der Waals surface area contributed by atoms with Crippen molar-refractivity contribution in [2.45, 2.75) is 32.1 Å². The molecule has 2 aliphatic rings. The van der Waals surface area contributed by atoms with Crippen molar-refractivity contribution in [2.24, 2.45) is 17.8 Å². The van der Waals surface area contributed by atoms with Crippen molar-refractivity contribution in [3.05, 3.63) is 29.8 Å². The van der Waals surface area contributed by atoms with Gasteiger partial charge in [-0.1, -0.05) is 18.6 Å². The lowest BCUT2D eigenvalue weighted by Crippen LogP contribution is -2.30. The van der Waals surface area contributed by atoms with E-state index < -0.39 is 5.97 Å². The summed E-state index contributed by atoms with van der Waals surface area (Å²) in [4.78, 5) is 26.1. The van der Waals surface area contributed by atoms with E-state index in [1.807, 2.05) is 6.07 Å². The van der Waals surface area contributed by atoms with Crippen LogP contribution in [-0.4, -0.2) is 26.0 Å². The average molecular weight is 301 g/mol. The van der Waals surface area contributed by atoms with Gasteiger partial charge in [0.05, 0.1) is 18.4 Å². The highest BCUT2D eigenvalue weighted by Gasteiger charge is 2.40. The minimum absolute atomic E-state index is 0.0916. The highest BCUT2D eigenvalue weighted by atomic mass is 16.5. The summed E-state index contributed by atoms with van der Waals surface area (Å²) in [5.41, 5.74) is 1.07. The molecule has 2 aliphatic carbocycles. The number of carbonyl (C=O) groups excluding carboxylic acids is 2. The molecule has 0 N–H and O–H groups in total. The standard InChI is InChI=1S/C18H23NO3/c1-19(16-6-4-3-5-15(16)18(21)22-2)17(20)11-14-10-12-7-8-13(14)9-12/h3-6,12-14H,7-11H2,1-2H3. The van der Waals surface area contributed by atoms with Crippen molar-refractivity contribution in [1.82, 2.24) is 0 Å². The lowest BCUT2D eigenvalue weighted by atomic mass is 9.86. The van der Waals surface area contributed by atoms with Crippen molar-refractivity contribution in [3.8, 4) is 0 Å². The van der Waals surface area contributed by atoms with Crippen LogP contribution < -0.4 is 4.90 Å². The molecule has 0 saturated heterocycles. The molecule has 2 bridgehead atoms. The molecule has 118 valence electrons. The average Bonchev–Trinajstić information content (AvgIpc) is 3.16. The first-order chi connectivity index (χ1) is 10.6. The molecule has 1 amide bonds. The van der Waals surface area contributed by atoms with Crippen molar-refractivity contribution in [2.75, 3.05) is 19.1 Å². The monoisotopic (exact) mass is 301 g/mol. The van der Waals surface area contributed by atoms with E-state index >= 15 is 0 Å². The summed E-state index contributed by atoms with van der Waals surface area (Å²) >= 11 is 0. The second-order valence-corrected chi connectivity index (χ2v) is 6.60. The van der Waals surface area contributed by atoms with Crippen LogP contribution in [0.2, 0.25) is 0 Å². The van der Waals surface area contributed by atoms with Gasteiger partial charge in [0, 0.05) is 13.5 Å². The fourth-order valence-electron chi connectivity index (χ4n) is 4.17. The molecule has 1 aromatic carbocycles. The molecule has 3 rings (SSSR count). The second-order valence-electron chi connectivity index (χ2n) is 6.60. The first-order valence-corrected chi connectivity index (χ1v) is 8.04. The highest BCUT2D eigenvalue weighted by Crippen LogP contribution is 2.49. The van der Waals surface area contributed by atoms with Gasteiger partial charge in [0.15, 0.2) is 0 Å². The molecule has 4 nitrogen and oxygen atoms in total. The highest BCUT2D eigenvalue weighted by molar-refractivity contribution is 6.02. The summed E-state index contributed by atoms with van der Waals surface area (Å²) in [6.45, 7) is 0. The van der Waals surface area contributed by atoms with E-state index in [-0.39, 0.29) is 5.91 Å². The van der Waals surface area contributed by atoms with Gasteiger partial charge >= 0.3 is 5.97 Å². The van der Waals surface area contributed by atoms with Crippen LogP contribution in [0.3, 0.4) is 0 Å². The maximum Gasteiger partial charge on any atom is 0.339 e. The Balaban J connectivity index is 1.72. The number of ether oxygens (including phenoxy) is 1.